The molecule has 0 bridgehead atoms. The van der Waals surface area contributed by atoms with Crippen LogP contribution in [0.25, 0.3) is 0 Å². The van der Waals surface area contributed by atoms with Gasteiger partial charge in [0.1, 0.15) is 5.82 Å². The summed E-state index contributed by atoms with van der Waals surface area (Å²) in [6.45, 7) is 9.52. The Bertz CT molecular complexity index is 502. The molecular formula is C15H22FN3O. The molecule has 0 aromatic heterocycles. The second kappa shape index (κ2) is 5.40. The Morgan fingerprint density at radius 3 is 2.30 bits per heavy atom. The minimum absolute atomic E-state index is 0.0686. The molecule has 0 atom stereocenters. The van der Waals surface area contributed by atoms with Crippen molar-refractivity contribution in [1.82, 2.24) is 9.80 Å². The zero-order valence-corrected chi connectivity index (χ0v) is 12.3. The molecule has 1 aliphatic heterocycles. The SMILES string of the molecule is CC(C)(C)N1CCN(C(=O)c2ccc(N)c(F)c2)CC1. The van der Waals surface area contributed by atoms with Crippen molar-refractivity contribution in [2.24, 2.45) is 0 Å². The van der Waals surface area contributed by atoms with E-state index in [4.69, 9.17) is 5.73 Å². The number of hydrogen-bond donors (Lipinski definition) is 1. The smallest absolute Gasteiger partial charge is 0.254 e. The Hall–Kier alpha value is -1.62. The topological polar surface area (TPSA) is 49.6 Å². The highest BCUT2D eigenvalue weighted by Crippen LogP contribution is 2.18. The van der Waals surface area contributed by atoms with Crippen molar-refractivity contribution >= 4 is 11.6 Å². The molecule has 20 heavy (non-hydrogen) atoms. The Labute approximate surface area is 119 Å². The summed E-state index contributed by atoms with van der Waals surface area (Å²) in [6.07, 6.45) is 0. The van der Waals surface area contributed by atoms with Gasteiger partial charge < -0.3 is 10.6 Å². The molecule has 1 aromatic carbocycles. The highest BCUT2D eigenvalue weighted by molar-refractivity contribution is 5.94. The van der Waals surface area contributed by atoms with Gasteiger partial charge in [-0.2, -0.15) is 0 Å². The standard InChI is InChI=1S/C15H22FN3O/c1-15(2,3)19-8-6-18(7-9-19)14(20)11-4-5-13(17)12(16)10-11/h4-5,10H,6-9,17H2,1-3H3. The Balaban J connectivity index is 2.03. The Morgan fingerprint density at radius 1 is 1.20 bits per heavy atom. The predicted molar refractivity (Wildman–Crippen MR) is 78.0 cm³/mol. The highest BCUT2D eigenvalue weighted by Gasteiger charge is 2.28. The summed E-state index contributed by atoms with van der Waals surface area (Å²) in [5.41, 5.74) is 5.97. The summed E-state index contributed by atoms with van der Waals surface area (Å²) in [6, 6.07) is 4.23. The maximum Gasteiger partial charge on any atom is 0.254 e. The zero-order chi connectivity index (χ0) is 14.9. The van der Waals surface area contributed by atoms with Crippen LogP contribution in [0.15, 0.2) is 18.2 Å². The van der Waals surface area contributed by atoms with Crippen LogP contribution >= 0.6 is 0 Å². The number of piperazine rings is 1. The molecule has 1 fully saturated rings. The molecule has 2 rings (SSSR count). The zero-order valence-electron chi connectivity index (χ0n) is 12.3. The highest BCUT2D eigenvalue weighted by atomic mass is 19.1. The number of halogens is 1. The summed E-state index contributed by atoms with van der Waals surface area (Å²) in [5.74, 6) is -0.665. The first-order chi connectivity index (χ1) is 9.29. The van der Waals surface area contributed by atoms with Gasteiger partial charge in [-0.1, -0.05) is 0 Å². The normalized spacial score (nSPS) is 17.3. The van der Waals surface area contributed by atoms with Gasteiger partial charge in [0.2, 0.25) is 0 Å². The maximum absolute atomic E-state index is 13.4. The molecule has 1 aromatic rings. The van der Waals surface area contributed by atoms with Crippen LogP contribution in [0.5, 0.6) is 0 Å². The summed E-state index contributed by atoms with van der Waals surface area (Å²) in [5, 5.41) is 0. The van der Waals surface area contributed by atoms with Crippen LogP contribution in [-0.4, -0.2) is 47.4 Å². The van der Waals surface area contributed by atoms with Crippen LogP contribution in [0, 0.1) is 5.82 Å². The van der Waals surface area contributed by atoms with Crippen molar-refractivity contribution < 1.29 is 9.18 Å². The quantitative estimate of drug-likeness (QED) is 0.800. The third kappa shape index (κ3) is 3.10. The molecule has 110 valence electrons. The first kappa shape index (κ1) is 14.8. The van der Waals surface area contributed by atoms with Crippen molar-refractivity contribution in [1.29, 1.82) is 0 Å². The molecule has 0 saturated carbocycles. The average molecular weight is 279 g/mol. The van der Waals surface area contributed by atoms with E-state index in [2.05, 4.69) is 25.7 Å². The molecule has 0 spiro atoms. The molecule has 1 heterocycles. The van der Waals surface area contributed by atoms with Gasteiger partial charge in [-0.3, -0.25) is 9.69 Å². The first-order valence-electron chi connectivity index (χ1n) is 6.88. The molecule has 4 nitrogen and oxygen atoms in total. The second-order valence-corrected chi connectivity index (χ2v) is 6.19. The lowest BCUT2D eigenvalue weighted by Crippen LogP contribution is -2.54. The molecule has 0 unspecified atom stereocenters. The van der Waals surface area contributed by atoms with Crippen LogP contribution in [0.3, 0.4) is 0 Å². The number of rotatable bonds is 1. The fourth-order valence-electron chi connectivity index (χ4n) is 2.42. The van der Waals surface area contributed by atoms with Gasteiger partial charge in [-0.25, -0.2) is 4.39 Å². The van der Waals surface area contributed by atoms with Crippen LogP contribution < -0.4 is 5.73 Å². The van der Waals surface area contributed by atoms with Gasteiger partial charge in [-0.15, -0.1) is 0 Å². The second-order valence-electron chi connectivity index (χ2n) is 6.19. The van der Waals surface area contributed by atoms with Crippen molar-refractivity contribution in [3.63, 3.8) is 0 Å². The van der Waals surface area contributed by atoms with Crippen LogP contribution in [0.4, 0.5) is 10.1 Å². The molecule has 0 radical (unpaired) electrons. The van der Waals surface area contributed by atoms with E-state index in [0.29, 0.717) is 18.7 Å². The minimum atomic E-state index is -0.538. The van der Waals surface area contributed by atoms with E-state index in [1.54, 1.807) is 11.0 Å². The third-order valence-corrected chi connectivity index (χ3v) is 3.76. The number of nitrogens with two attached hydrogens (primary N) is 1. The Morgan fingerprint density at radius 2 is 1.80 bits per heavy atom. The minimum Gasteiger partial charge on any atom is -0.396 e. The number of hydrogen-bond acceptors (Lipinski definition) is 3. The number of nitrogen functional groups attached to an aromatic ring is 1. The van der Waals surface area contributed by atoms with Crippen molar-refractivity contribution in [3.05, 3.63) is 29.6 Å². The van der Waals surface area contributed by atoms with Gasteiger partial charge in [0.25, 0.3) is 5.91 Å². The van der Waals surface area contributed by atoms with Crippen molar-refractivity contribution in [2.75, 3.05) is 31.9 Å². The van der Waals surface area contributed by atoms with E-state index in [-0.39, 0.29) is 17.1 Å². The average Bonchev–Trinajstić information content (AvgIpc) is 2.40. The largest absolute Gasteiger partial charge is 0.396 e. The van der Waals surface area contributed by atoms with E-state index >= 15 is 0 Å². The molecule has 1 amide bonds. The number of anilines is 1. The number of benzene rings is 1. The van der Waals surface area contributed by atoms with E-state index in [0.717, 1.165) is 13.1 Å². The predicted octanol–water partition coefficient (Wildman–Crippen LogP) is 1.96. The number of carbonyl (C=O) groups is 1. The number of nitrogens with zero attached hydrogens (tertiary/aromatic N) is 2. The summed E-state index contributed by atoms with van der Waals surface area (Å²) in [4.78, 5) is 16.4. The van der Waals surface area contributed by atoms with Gasteiger partial charge in [0.15, 0.2) is 0 Å². The van der Waals surface area contributed by atoms with E-state index in [1.807, 2.05) is 0 Å². The number of carbonyl (C=O) groups excluding carboxylic acids is 1. The fraction of sp³-hybridized carbons (Fsp3) is 0.533. The van der Waals surface area contributed by atoms with E-state index in [9.17, 15) is 9.18 Å². The number of amides is 1. The van der Waals surface area contributed by atoms with Crippen molar-refractivity contribution in [3.8, 4) is 0 Å². The molecule has 5 heteroatoms. The summed E-state index contributed by atoms with van der Waals surface area (Å²) >= 11 is 0. The lowest BCUT2D eigenvalue weighted by Gasteiger charge is -2.42. The molecule has 1 saturated heterocycles. The van der Waals surface area contributed by atoms with Gasteiger partial charge in [0, 0.05) is 37.3 Å². The summed E-state index contributed by atoms with van der Waals surface area (Å²) < 4.78 is 13.4. The molecule has 1 aliphatic rings. The van der Waals surface area contributed by atoms with E-state index in [1.165, 1.54) is 12.1 Å². The maximum atomic E-state index is 13.4. The lowest BCUT2D eigenvalue weighted by atomic mass is 10.0. The molecular weight excluding hydrogens is 257 g/mol. The molecule has 0 aliphatic carbocycles. The summed E-state index contributed by atoms with van der Waals surface area (Å²) in [7, 11) is 0. The van der Waals surface area contributed by atoms with Crippen LogP contribution in [0.2, 0.25) is 0 Å². The fourth-order valence-corrected chi connectivity index (χ4v) is 2.42. The van der Waals surface area contributed by atoms with Crippen molar-refractivity contribution in [2.45, 2.75) is 26.3 Å². The first-order valence-corrected chi connectivity index (χ1v) is 6.88. The monoisotopic (exact) mass is 279 g/mol. The van der Waals surface area contributed by atoms with Gasteiger partial charge >= 0.3 is 0 Å². The third-order valence-electron chi connectivity index (χ3n) is 3.76. The lowest BCUT2D eigenvalue weighted by molar-refractivity contribution is 0.0451. The Kier molecular flexibility index (Phi) is 3.99. The molecule has 2 N–H and O–H groups in total. The van der Waals surface area contributed by atoms with Crippen LogP contribution in [-0.2, 0) is 0 Å². The van der Waals surface area contributed by atoms with Crippen LogP contribution in [0.1, 0.15) is 31.1 Å². The van der Waals surface area contributed by atoms with Gasteiger partial charge in [-0.05, 0) is 39.0 Å². The van der Waals surface area contributed by atoms with Gasteiger partial charge in [0.05, 0.1) is 5.69 Å². The van der Waals surface area contributed by atoms with E-state index < -0.39 is 5.82 Å².